The number of nitrogens with one attached hydrogen (secondary N) is 2. The molecule has 2 aromatic carbocycles. The number of nitro groups is 1. The van der Waals surface area contributed by atoms with Crippen LogP contribution in [0, 0.1) is 10.1 Å². The first-order chi connectivity index (χ1) is 14.0. The first-order valence-corrected chi connectivity index (χ1v) is 8.98. The highest BCUT2D eigenvalue weighted by atomic mass is 16.6. The van der Waals surface area contributed by atoms with Crippen molar-refractivity contribution in [2.75, 3.05) is 5.32 Å². The molecule has 9 nitrogen and oxygen atoms in total. The molecule has 0 unspecified atom stereocenters. The fourth-order valence-corrected chi connectivity index (χ4v) is 3.34. The minimum absolute atomic E-state index is 0.0164. The molecular weight excluding hydrogens is 372 g/mol. The Labute approximate surface area is 166 Å². The van der Waals surface area contributed by atoms with Crippen molar-refractivity contribution in [1.29, 1.82) is 0 Å². The van der Waals surface area contributed by atoms with Gasteiger partial charge < -0.3 is 10.6 Å². The van der Waals surface area contributed by atoms with Gasteiger partial charge in [-0.1, -0.05) is 30.3 Å². The van der Waals surface area contributed by atoms with Crippen LogP contribution in [0.2, 0.25) is 0 Å². The number of benzene rings is 2. The number of anilines is 1. The molecule has 0 fully saturated rings. The summed E-state index contributed by atoms with van der Waals surface area (Å²) in [7, 11) is 0. The van der Waals surface area contributed by atoms with Gasteiger partial charge in [0.25, 0.3) is 11.6 Å². The van der Waals surface area contributed by atoms with Gasteiger partial charge in [-0.3, -0.25) is 14.9 Å². The molecule has 1 aliphatic rings. The summed E-state index contributed by atoms with van der Waals surface area (Å²) in [5.74, 6) is 0.258. The first kappa shape index (κ1) is 18.4. The summed E-state index contributed by atoms with van der Waals surface area (Å²) < 4.78 is 1.60. The molecule has 4 rings (SSSR count). The lowest BCUT2D eigenvalue weighted by molar-refractivity contribution is -0.384. The third-order valence-electron chi connectivity index (χ3n) is 4.75. The van der Waals surface area contributed by atoms with Crippen LogP contribution in [0.3, 0.4) is 0 Å². The lowest BCUT2D eigenvalue weighted by Crippen LogP contribution is -2.34. The normalized spacial score (nSPS) is 15.4. The maximum Gasteiger partial charge on any atom is 0.269 e. The highest BCUT2D eigenvalue weighted by Crippen LogP contribution is 2.35. The van der Waals surface area contributed by atoms with Gasteiger partial charge in [0.1, 0.15) is 12.4 Å². The van der Waals surface area contributed by atoms with Crippen LogP contribution >= 0.6 is 0 Å². The van der Waals surface area contributed by atoms with Crippen molar-refractivity contribution in [2.45, 2.75) is 19.5 Å². The van der Waals surface area contributed by atoms with Crippen LogP contribution in [0.15, 0.2) is 72.2 Å². The first-order valence-electron chi connectivity index (χ1n) is 8.98. The summed E-state index contributed by atoms with van der Waals surface area (Å²) in [4.78, 5) is 27.8. The van der Waals surface area contributed by atoms with E-state index in [-0.39, 0.29) is 11.6 Å². The molecular formula is C20H18N6O3. The molecule has 0 saturated carbocycles. The smallest absolute Gasteiger partial charge is 0.269 e. The molecule has 0 bridgehead atoms. The van der Waals surface area contributed by atoms with E-state index < -0.39 is 11.0 Å². The Morgan fingerprint density at radius 3 is 2.62 bits per heavy atom. The number of amides is 1. The predicted octanol–water partition coefficient (Wildman–Crippen LogP) is 2.79. The van der Waals surface area contributed by atoms with E-state index in [1.54, 1.807) is 23.7 Å². The van der Waals surface area contributed by atoms with Crippen molar-refractivity contribution in [3.63, 3.8) is 0 Å². The minimum Gasteiger partial charge on any atom is -0.348 e. The molecule has 1 atom stereocenters. The number of hydrogen-bond donors (Lipinski definition) is 2. The molecule has 1 aromatic heterocycles. The summed E-state index contributed by atoms with van der Waals surface area (Å²) >= 11 is 0. The summed E-state index contributed by atoms with van der Waals surface area (Å²) in [6.45, 7) is 2.18. The number of nitro benzene ring substituents is 1. The number of hydrogen-bond acceptors (Lipinski definition) is 6. The molecule has 29 heavy (non-hydrogen) atoms. The van der Waals surface area contributed by atoms with E-state index in [0.29, 0.717) is 29.3 Å². The fourth-order valence-electron chi connectivity index (χ4n) is 3.34. The largest absolute Gasteiger partial charge is 0.348 e. The molecule has 0 radical (unpaired) electrons. The molecule has 0 saturated heterocycles. The van der Waals surface area contributed by atoms with Gasteiger partial charge in [-0.05, 0) is 30.2 Å². The number of allylic oxidation sites excluding steroid dienone is 1. The van der Waals surface area contributed by atoms with Crippen molar-refractivity contribution in [2.24, 2.45) is 0 Å². The highest BCUT2D eigenvalue weighted by molar-refractivity contribution is 5.96. The average Bonchev–Trinajstić information content (AvgIpc) is 3.20. The maximum absolute atomic E-state index is 13.1. The van der Waals surface area contributed by atoms with Crippen LogP contribution in [0.5, 0.6) is 0 Å². The number of fused-ring (bicyclic) bond motifs is 1. The third kappa shape index (κ3) is 3.57. The van der Waals surface area contributed by atoms with Crippen LogP contribution in [-0.2, 0) is 11.3 Å². The van der Waals surface area contributed by atoms with Gasteiger partial charge in [-0.25, -0.2) is 4.68 Å². The Balaban J connectivity index is 1.68. The van der Waals surface area contributed by atoms with Crippen molar-refractivity contribution in [1.82, 2.24) is 20.1 Å². The predicted molar refractivity (Wildman–Crippen MR) is 106 cm³/mol. The fraction of sp³-hybridized carbons (Fsp3) is 0.150. The van der Waals surface area contributed by atoms with Crippen molar-refractivity contribution < 1.29 is 9.72 Å². The van der Waals surface area contributed by atoms with E-state index >= 15 is 0 Å². The van der Waals surface area contributed by atoms with Crippen LogP contribution in [-0.4, -0.2) is 25.6 Å². The molecule has 1 amide bonds. The van der Waals surface area contributed by atoms with Gasteiger partial charge >= 0.3 is 0 Å². The molecule has 0 aliphatic carbocycles. The lowest BCUT2D eigenvalue weighted by Gasteiger charge is -2.28. The van der Waals surface area contributed by atoms with Crippen LogP contribution in [0.1, 0.15) is 24.1 Å². The Morgan fingerprint density at radius 2 is 1.93 bits per heavy atom. The van der Waals surface area contributed by atoms with E-state index in [1.165, 1.54) is 18.5 Å². The monoisotopic (exact) mass is 390 g/mol. The van der Waals surface area contributed by atoms with Crippen molar-refractivity contribution >= 4 is 17.5 Å². The quantitative estimate of drug-likeness (QED) is 0.511. The number of carbonyl (C=O) groups is 1. The minimum atomic E-state index is -0.551. The van der Waals surface area contributed by atoms with Crippen LogP contribution in [0.4, 0.5) is 11.6 Å². The Hall–Kier alpha value is -4.01. The van der Waals surface area contributed by atoms with Gasteiger partial charge in [0.15, 0.2) is 0 Å². The maximum atomic E-state index is 13.1. The summed E-state index contributed by atoms with van der Waals surface area (Å²) in [6, 6.07) is 15.2. The molecule has 0 spiro atoms. The summed E-state index contributed by atoms with van der Waals surface area (Å²) in [5.41, 5.74) is 2.80. The lowest BCUT2D eigenvalue weighted by atomic mass is 9.95. The Bertz CT molecular complexity index is 1090. The second-order valence-electron chi connectivity index (χ2n) is 6.61. The molecule has 1 aliphatic heterocycles. The topological polar surface area (TPSA) is 115 Å². The van der Waals surface area contributed by atoms with E-state index in [2.05, 4.69) is 20.7 Å². The zero-order valence-electron chi connectivity index (χ0n) is 15.6. The third-order valence-corrected chi connectivity index (χ3v) is 4.75. The number of aromatic nitrogens is 3. The van der Waals surface area contributed by atoms with Crippen LogP contribution in [0.25, 0.3) is 0 Å². The summed E-state index contributed by atoms with van der Waals surface area (Å²) in [5, 5.41) is 21.3. The van der Waals surface area contributed by atoms with Gasteiger partial charge in [-0.15, -0.1) is 0 Å². The second kappa shape index (κ2) is 7.55. The second-order valence-corrected chi connectivity index (χ2v) is 6.61. The van der Waals surface area contributed by atoms with Gasteiger partial charge in [-0.2, -0.15) is 10.1 Å². The van der Waals surface area contributed by atoms with E-state index in [9.17, 15) is 14.9 Å². The number of nitrogens with zero attached hydrogens (tertiary/aromatic N) is 4. The van der Waals surface area contributed by atoms with E-state index in [1.807, 2.05) is 30.3 Å². The SMILES string of the molecule is CC1=C(C(=O)NCc2ccccc2)[C@H](c2ccc([N+](=O)[O-])cc2)n2ncnc2N1. The standard InChI is InChI=1S/C20H18N6O3/c1-13-17(19(27)21-11-14-5-3-2-4-6-14)18(25-20(24-13)22-12-23-25)15-7-9-16(10-8-15)26(28)29/h2-10,12,18H,11H2,1H3,(H,21,27)(H,22,23,24)/t18-/m0/s1. The van der Waals surface area contributed by atoms with Crippen LogP contribution < -0.4 is 10.6 Å². The zero-order chi connectivity index (χ0) is 20.4. The molecule has 9 heteroatoms. The molecule has 146 valence electrons. The molecule has 2 heterocycles. The van der Waals surface area contributed by atoms with Gasteiger partial charge in [0, 0.05) is 24.4 Å². The van der Waals surface area contributed by atoms with E-state index in [4.69, 9.17) is 0 Å². The van der Waals surface area contributed by atoms with E-state index in [0.717, 1.165) is 5.56 Å². The van der Waals surface area contributed by atoms with Gasteiger partial charge in [0.2, 0.25) is 5.95 Å². The molecule has 2 N–H and O–H groups in total. The highest BCUT2D eigenvalue weighted by Gasteiger charge is 2.33. The van der Waals surface area contributed by atoms with Crippen molar-refractivity contribution in [3.05, 3.63) is 93.4 Å². The zero-order valence-corrected chi connectivity index (χ0v) is 15.6. The Morgan fingerprint density at radius 1 is 1.21 bits per heavy atom. The summed E-state index contributed by atoms with van der Waals surface area (Å²) in [6.07, 6.45) is 1.40. The Kier molecular flexibility index (Phi) is 4.78. The number of non-ortho nitro benzene ring substituents is 1. The molecule has 3 aromatic rings. The average molecular weight is 390 g/mol. The van der Waals surface area contributed by atoms with Gasteiger partial charge in [0.05, 0.1) is 10.5 Å². The number of carbonyl (C=O) groups excluding carboxylic acids is 1. The van der Waals surface area contributed by atoms with Crippen molar-refractivity contribution in [3.8, 4) is 0 Å². The number of rotatable bonds is 5.